The number of nitrogens with zero attached hydrogens (tertiary/aromatic N) is 1. The van der Waals surface area contributed by atoms with Crippen molar-refractivity contribution in [2.24, 2.45) is 11.3 Å². The zero-order valence-corrected chi connectivity index (χ0v) is 8.64. The summed E-state index contributed by atoms with van der Waals surface area (Å²) in [6.07, 6.45) is 4.45. The summed E-state index contributed by atoms with van der Waals surface area (Å²) in [5.74, 6) is 1.07. The van der Waals surface area contributed by atoms with Gasteiger partial charge in [-0.25, -0.2) is 0 Å². The molecule has 0 atom stereocenters. The highest BCUT2D eigenvalue weighted by Gasteiger charge is 2.51. The van der Waals surface area contributed by atoms with Gasteiger partial charge in [0.1, 0.15) is 0 Å². The number of rotatable bonds is 2. The molecule has 0 aromatic rings. The standard InChI is InChI=1S/C11H21N/c1-4-10-5-11(6-10)7-12(8-11)9(2)3/h9-10H,4-8H2,1-3H3. The van der Waals surface area contributed by atoms with E-state index in [0.717, 1.165) is 17.4 Å². The van der Waals surface area contributed by atoms with E-state index in [1.807, 2.05) is 0 Å². The minimum Gasteiger partial charge on any atom is -0.300 e. The Morgan fingerprint density at radius 2 is 1.92 bits per heavy atom. The Hall–Kier alpha value is -0.0400. The predicted octanol–water partition coefficient (Wildman–Crippen LogP) is 2.52. The highest BCUT2D eigenvalue weighted by atomic mass is 15.2. The summed E-state index contributed by atoms with van der Waals surface area (Å²) in [7, 11) is 0. The van der Waals surface area contributed by atoms with Gasteiger partial charge in [-0.15, -0.1) is 0 Å². The van der Waals surface area contributed by atoms with E-state index < -0.39 is 0 Å². The lowest BCUT2D eigenvalue weighted by atomic mass is 9.57. The third-order valence-corrected chi connectivity index (χ3v) is 3.83. The van der Waals surface area contributed by atoms with Crippen LogP contribution in [0.2, 0.25) is 0 Å². The van der Waals surface area contributed by atoms with Crippen molar-refractivity contribution >= 4 is 0 Å². The summed E-state index contributed by atoms with van der Waals surface area (Å²) in [5, 5.41) is 0. The molecule has 2 fully saturated rings. The van der Waals surface area contributed by atoms with Crippen LogP contribution in [-0.2, 0) is 0 Å². The first-order chi connectivity index (χ1) is 5.65. The molecule has 0 aromatic carbocycles. The van der Waals surface area contributed by atoms with Crippen LogP contribution in [0, 0.1) is 11.3 Å². The summed E-state index contributed by atoms with van der Waals surface area (Å²) in [6.45, 7) is 9.73. The van der Waals surface area contributed by atoms with E-state index in [9.17, 15) is 0 Å². The number of hydrogen-bond acceptors (Lipinski definition) is 1. The SMILES string of the molecule is CCC1CC2(C1)CN(C(C)C)C2. The van der Waals surface area contributed by atoms with Crippen LogP contribution in [0.5, 0.6) is 0 Å². The maximum absolute atomic E-state index is 2.60. The molecule has 1 spiro atoms. The lowest BCUT2D eigenvalue weighted by Gasteiger charge is -2.60. The summed E-state index contributed by atoms with van der Waals surface area (Å²) in [6, 6.07) is 0.774. The first-order valence-corrected chi connectivity index (χ1v) is 5.39. The minimum absolute atomic E-state index is 0.774. The van der Waals surface area contributed by atoms with Gasteiger partial charge in [-0.05, 0) is 38.0 Å². The molecule has 70 valence electrons. The monoisotopic (exact) mass is 167 g/mol. The summed E-state index contributed by atoms with van der Waals surface area (Å²) >= 11 is 0. The van der Waals surface area contributed by atoms with Gasteiger partial charge in [0, 0.05) is 19.1 Å². The van der Waals surface area contributed by atoms with Crippen molar-refractivity contribution < 1.29 is 0 Å². The summed E-state index contributed by atoms with van der Waals surface area (Å²) < 4.78 is 0. The van der Waals surface area contributed by atoms with E-state index >= 15 is 0 Å². The molecule has 1 aliphatic heterocycles. The Labute approximate surface area is 76.1 Å². The molecule has 1 heterocycles. The molecule has 1 heteroatoms. The molecule has 1 saturated carbocycles. The van der Waals surface area contributed by atoms with Crippen LogP contribution >= 0.6 is 0 Å². The van der Waals surface area contributed by atoms with Gasteiger partial charge >= 0.3 is 0 Å². The van der Waals surface area contributed by atoms with E-state index in [4.69, 9.17) is 0 Å². The van der Waals surface area contributed by atoms with Crippen molar-refractivity contribution in [2.45, 2.75) is 46.1 Å². The fourth-order valence-corrected chi connectivity index (χ4v) is 2.89. The fraction of sp³-hybridized carbons (Fsp3) is 1.00. The molecular weight excluding hydrogens is 146 g/mol. The Bertz CT molecular complexity index is 160. The van der Waals surface area contributed by atoms with Crippen molar-refractivity contribution in [2.75, 3.05) is 13.1 Å². The van der Waals surface area contributed by atoms with Crippen molar-refractivity contribution in [3.8, 4) is 0 Å². The van der Waals surface area contributed by atoms with E-state index in [2.05, 4.69) is 25.7 Å². The van der Waals surface area contributed by atoms with Gasteiger partial charge in [0.15, 0.2) is 0 Å². The van der Waals surface area contributed by atoms with Crippen LogP contribution in [-0.4, -0.2) is 24.0 Å². The van der Waals surface area contributed by atoms with Crippen molar-refractivity contribution in [3.63, 3.8) is 0 Å². The van der Waals surface area contributed by atoms with Gasteiger partial charge in [-0.1, -0.05) is 13.3 Å². The van der Waals surface area contributed by atoms with E-state index in [-0.39, 0.29) is 0 Å². The van der Waals surface area contributed by atoms with Crippen molar-refractivity contribution in [1.29, 1.82) is 0 Å². The third kappa shape index (κ3) is 1.19. The minimum atomic E-state index is 0.774. The molecule has 0 N–H and O–H groups in total. The van der Waals surface area contributed by atoms with Crippen LogP contribution in [0.3, 0.4) is 0 Å². The van der Waals surface area contributed by atoms with Crippen LogP contribution < -0.4 is 0 Å². The van der Waals surface area contributed by atoms with Crippen molar-refractivity contribution in [1.82, 2.24) is 4.90 Å². The van der Waals surface area contributed by atoms with Crippen LogP contribution in [0.15, 0.2) is 0 Å². The molecule has 1 saturated heterocycles. The molecule has 1 nitrogen and oxygen atoms in total. The fourth-order valence-electron chi connectivity index (χ4n) is 2.89. The van der Waals surface area contributed by atoms with E-state index in [0.29, 0.717) is 0 Å². The smallest absolute Gasteiger partial charge is 0.00534 e. The van der Waals surface area contributed by atoms with Crippen LogP contribution in [0.4, 0.5) is 0 Å². The van der Waals surface area contributed by atoms with Gasteiger partial charge in [-0.2, -0.15) is 0 Å². The Morgan fingerprint density at radius 3 is 2.33 bits per heavy atom. The van der Waals surface area contributed by atoms with Crippen LogP contribution in [0.1, 0.15) is 40.0 Å². The molecule has 0 aromatic heterocycles. The molecule has 2 rings (SSSR count). The van der Waals surface area contributed by atoms with Crippen molar-refractivity contribution in [3.05, 3.63) is 0 Å². The van der Waals surface area contributed by atoms with Gasteiger partial charge in [0.25, 0.3) is 0 Å². The molecule has 0 unspecified atom stereocenters. The number of hydrogen-bond donors (Lipinski definition) is 0. The normalized spacial score (nSPS) is 29.0. The second kappa shape index (κ2) is 2.73. The Balaban J connectivity index is 1.75. The highest BCUT2D eigenvalue weighted by Crippen LogP contribution is 2.53. The van der Waals surface area contributed by atoms with Crippen LogP contribution in [0.25, 0.3) is 0 Å². The first kappa shape index (κ1) is 8.55. The van der Waals surface area contributed by atoms with Gasteiger partial charge in [0.05, 0.1) is 0 Å². The largest absolute Gasteiger partial charge is 0.300 e. The Kier molecular flexibility index (Phi) is 1.95. The van der Waals surface area contributed by atoms with Gasteiger partial charge < -0.3 is 0 Å². The molecule has 0 bridgehead atoms. The lowest BCUT2D eigenvalue weighted by molar-refractivity contribution is -0.108. The average molecular weight is 167 g/mol. The lowest BCUT2D eigenvalue weighted by Crippen LogP contribution is -2.63. The topological polar surface area (TPSA) is 3.24 Å². The molecule has 12 heavy (non-hydrogen) atoms. The highest BCUT2D eigenvalue weighted by molar-refractivity contribution is 5.04. The van der Waals surface area contributed by atoms with E-state index in [1.165, 1.54) is 32.4 Å². The van der Waals surface area contributed by atoms with Gasteiger partial charge in [0.2, 0.25) is 0 Å². The third-order valence-electron chi connectivity index (χ3n) is 3.83. The summed E-state index contributed by atoms with van der Waals surface area (Å²) in [4.78, 5) is 2.60. The average Bonchev–Trinajstić information content (AvgIpc) is 1.81. The second-order valence-electron chi connectivity index (χ2n) is 5.18. The molecule has 0 amide bonds. The molecule has 2 aliphatic rings. The Morgan fingerprint density at radius 1 is 1.33 bits per heavy atom. The van der Waals surface area contributed by atoms with E-state index in [1.54, 1.807) is 0 Å². The first-order valence-electron chi connectivity index (χ1n) is 5.39. The quantitative estimate of drug-likeness (QED) is 0.611. The maximum Gasteiger partial charge on any atom is 0.00534 e. The molecule has 0 radical (unpaired) electrons. The second-order valence-corrected chi connectivity index (χ2v) is 5.18. The maximum atomic E-state index is 2.60. The molecular formula is C11H21N. The summed E-state index contributed by atoms with van der Waals surface area (Å²) in [5.41, 5.74) is 0.797. The number of likely N-dealkylation sites (tertiary alicyclic amines) is 1. The zero-order valence-electron chi connectivity index (χ0n) is 8.64. The zero-order chi connectivity index (χ0) is 8.77. The predicted molar refractivity (Wildman–Crippen MR) is 52.2 cm³/mol. The molecule has 1 aliphatic carbocycles. The van der Waals surface area contributed by atoms with Gasteiger partial charge in [-0.3, -0.25) is 4.90 Å².